The lowest BCUT2D eigenvalue weighted by Gasteiger charge is -2.10. The summed E-state index contributed by atoms with van der Waals surface area (Å²) in [5.74, 6) is -0.191. The summed E-state index contributed by atoms with van der Waals surface area (Å²) in [6, 6.07) is 6.69. The standard InChI is InChI=1S/C15H18N4O3S/c1-9-14(10(2)18-17-9)23(21,22)19-13-5-3-4-11(8-13)15(20)16-12-6-7-12/h3-5,8,12,19H,6-7H2,1-2H3,(H,16,20)(H,17,18). The fourth-order valence-electron chi connectivity index (χ4n) is 2.36. The molecule has 1 fully saturated rings. The molecular formula is C15H18N4O3S. The van der Waals surface area contributed by atoms with E-state index in [9.17, 15) is 13.2 Å². The Bertz CT molecular complexity index is 834. The maximum absolute atomic E-state index is 12.5. The van der Waals surface area contributed by atoms with E-state index in [0.717, 1.165) is 12.8 Å². The first-order chi connectivity index (χ1) is 10.9. The number of sulfonamides is 1. The van der Waals surface area contributed by atoms with E-state index in [4.69, 9.17) is 0 Å². The van der Waals surface area contributed by atoms with Gasteiger partial charge < -0.3 is 5.32 Å². The van der Waals surface area contributed by atoms with Crippen LogP contribution in [0.3, 0.4) is 0 Å². The van der Waals surface area contributed by atoms with E-state index in [2.05, 4.69) is 20.2 Å². The maximum Gasteiger partial charge on any atom is 0.265 e. The molecule has 0 radical (unpaired) electrons. The first-order valence-corrected chi connectivity index (χ1v) is 8.80. The summed E-state index contributed by atoms with van der Waals surface area (Å²) in [5.41, 5.74) is 1.64. The number of aromatic amines is 1. The molecule has 0 atom stereocenters. The van der Waals surface area contributed by atoms with Gasteiger partial charge in [-0.05, 0) is 44.9 Å². The lowest BCUT2D eigenvalue weighted by molar-refractivity contribution is 0.0951. The molecule has 3 rings (SSSR count). The number of benzene rings is 1. The zero-order valence-corrected chi connectivity index (χ0v) is 13.7. The Kier molecular flexibility index (Phi) is 3.85. The van der Waals surface area contributed by atoms with Crippen LogP contribution in [0.1, 0.15) is 34.6 Å². The monoisotopic (exact) mass is 334 g/mol. The molecule has 7 nitrogen and oxygen atoms in total. The van der Waals surface area contributed by atoms with E-state index in [1.807, 2.05) is 0 Å². The van der Waals surface area contributed by atoms with E-state index < -0.39 is 10.0 Å². The summed E-state index contributed by atoms with van der Waals surface area (Å²) in [4.78, 5) is 12.2. The van der Waals surface area contributed by atoms with E-state index in [0.29, 0.717) is 22.6 Å². The number of anilines is 1. The number of hydrogen-bond acceptors (Lipinski definition) is 4. The maximum atomic E-state index is 12.5. The van der Waals surface area contributed by atoms with Gasteiger partial charge in [-0.2, -0.15) is 5.10 Å². The molecule has 8 heteroatoms. The van der Waals surface area contributed by atoms with Crippen molar-refractivity contribution in [2.24, 2.45) is 0 Å². The molecule has 122 valence electrons. The fourth-order valence-corrected chi connectivity index (χ4v) is 3.79. The van der Waals surface area contributed by atoms with Crippen molar-refractivity contribution in [3.63, 3.8) is 0 Å². The summed E-state index contributed by atoms with van der Waals surface area (Å²) in [6.07, 6.45) is 1.99. The van der Waals surface area contributed by atoms with Gasteiger partial charge in [0.05, 0.1) is 11.4 Å². The molecule has 1 aliphatic rings. The Balaban J connectivity index is 1.83. The van der Waals surface area contributed by atoms with E-state index in [1.54, 1.807) is 32.0 Å². The van der Waals surface area contributed by atoms with E-state index >= 15 is 0 Å². The van der Waals surface area contributed by atoms with Crippen molar-refractivity contribution in [1.82, 2.24) is 15.5 Å². The highest BCUT2D eigenvalue weighted by molar-refractivity contribution is 7.92. The second-order valence-corrected chi connectivity index (χ2v) is 7.32. The number of hydrogen-bond donors (Lipinski definition) is 3. The summed E-state index contributed by atoms with van der Waals surface area (Å²) in [7, 11) is -3.76. The molecule has 2 aromatic rings. The Hall–Kier alpha value is -2.35. The lowest BCUT2D eigenvalue weighted by Crippen LogP contribution is -2.25. The molecule has 0 saturated heterocycles. The first-order valence-electron chi connectivity index (χ1n) is 7.32. The van der Waals surface area contributed by atoms with Gasteiger partial charge in [0.15, 0.2) is 0 Å². The zero-order chi connectivity index (χ0) is 16.6. The fraction of sp³-hybridized carbons (Fsp3) is 0.333. The number of aryl methyl sites for hydroxylation is 2. The highest BCUT2D eigenvalue weighted by atomic mass is 32.2. The zero-order valence-electron chi connectivity index (χ0n) is 12.9. The highest BCUT2D eigenvalue weighted by Crippen LogP contribution is 2.22. The summed E-state index contributed by atoms with van der Waals surface area (Å²) in [5, 5.41) is 9.43. The number of nitrogens with zero attached hydrogens (tertiary/aromatic N) is 1. The van der Waals surface area contributed by atoms with Gasteiger partial charge in [-0.1, -0.05) is 6.07 Å². The molecule has 3 N–H and O–H groups in total. The van der Waals surface area contributed by atoms with E-state index in [1.165, 1.54) is 6.07 Å². The molecule has 23 heavy (non-hydrogen) atoms. The Morgan fingerprint density at radius 2 is 2.04 bits per heavy atom. The van der Waals surface area contributed by atoms with Crippen molar-refractivity contribution < 1.29 is 13.2 Å². The quantitative estimate of drug-likeness (QED) is 0.774. The average Bonchev–Trinajstić information content (AvgIpc) is 3.22. The highest BCUT2D eigenvalue weighted by Gasteiger charge is 2.25. The number of carbonyl (C=O) groups excluding carboxylic acids is 1. The van der Waals surface area contributed by atoms with Crippen molar-refractivity contribution in [3.05, 3.63) is 41.2 Å². The van der Waals surface area contributed by atoms with Crippen LogP contribution in [0.25, 0.3) is 0 Å². The smallest absolute Gasteiger partial charge is 0.265 e. The minimum atomic E-state index is -3.76. The second kappa shape index (κ2) is 5.69. The third-order valence-electron chi connectivity index (χ3n) is 3.62. The Labute approximate surface area is 134 Å². The SMILES string of the molecule is Cc1n[nH]c(C)c1S(=O)(=O)Nc1cccc(C(=O)NC2CC2)c1. The number of aromatic nitrogens is 2. The van der Waals surface area contributed by atoms with Gasteiger partial charge in [-0.15, -0.1) is 0 Å². The van der Waals surface area contributed by atoms with Crippen molar-refractivity contribution in [3.8, 4) is 0 Å². The van der Waals surface area contributed by atoms with Gasteiger partial charge in [-0.25, -0.2) is 8.42 Å². The Morgan fingerprint density at radius 3 is 2.65 bits per heavy atom. The minimum Gasteiger partial charge on any atom is -0.349 e. The molecule has 1 aliphatic carbocycles. The Morgan fingerprint density at radius 1 is 1.30 bits per heavy atom. The van der Waals surface area contributed by atoms with E-state index in [-0.39, 0.29) is 16.8 Å². The second-order valence-electron chi connectivity index (χ2n) is 5.70. The normalized spacial score (nSPS) is 14.5. The van der Waals surface area contributed by atoms with Gasteiger partial charge in [0.2, 0.25) is 0 Å². The van der Waals surface area contributed by atoms with Gasteiger partial charge in [-0.3, -0.25) is 14.6 Å². The largest absolute Gasteiger partial charge is 0.349 e. The third-order valence-corrected chi connectivity index (χ3v) is 5.26. The predicted molar refractivity (Wildman–Crippen MR) is 85.8 cm³/mol. The molecule has 0 bridgehead atoms. The first kappa shape index (κ1) is 15.5. The van der Waals surface area contributed by atoms with Crippen LogP contribution >= 0.6 is 0 Å². The number of nitrogens with one attached hydrogen (secondary N) is 3. The number of amides is 1. The number of rotatable bonds is 5. The van der Waals surface area contributed by atoms with Gasteiger partial charge in [0, 0.05) is 17.3 Å². The third kappa shape index (κ3) is 3.37. The van der Waals surface area contributed by atoms with Crippen LogP contribution in [0.15, 0.2) is 29.2 Å². The molecule has 1 aromatic heterocycles. The predicted octanol–water partition coefficient (Wildman–Crippen LogP) is 1.72. The topological polar surface area (TPSA) is 104 Å². The van der Waals surface area contributed by atoms with Gasteiger partial charge in [0.1, 0.15) is 4.90 Å². The van der Waals surface area contributed by atoms with Crippen LogP contribution in [0.5, 0.6) is 0 Å². The molecule has 1 aromatic carbocycles. The molecular weight excluding hydrogens is 316 g/mol. The lowest BCUT2D eigenvalue weighted by atomic mass is 10.2. The van der Waals surface area contributed by atoms with Crippen LogP contribution in [-0.4, -0.2) is 30.6 Å². The minimum absolute atomic E-state index is 0.130. The molecule has 1 heterocycles. The van der Waals surface area contributed by atoms with Crippen molar-refractivity contribution >= 4 is 21.6 Å². The number of H-pyrrole nitrogens is 1. The molecule has 0 spiro atoms. The number of carbonyl (C=O) groups is 1. The van der Waals surface area contributed by atoms with Crippen molar-refractivity contribution in [2.75, 3.05) is 4.72 Å². The molecule has 1 amide bonds. The summed E-state index contributed by atoms with van der Waals surface area (Å²) < 4.78 is 27.5. The molecule has 1 saturated carbocycles. The average molecular weight is 334 g/mol. The van der Waals surface area contributed by atoms with Crippen molar-refractivity contribution in [2.45, 2.75) is 37.6 Å². The van der Waals surface area contributed by atoms with Gasteiger partial charge in [0.25, 0.3) is 15.9 Å². The van der Waals surface area contributed by atoms with Gasteiger partial charge >= 0.3 is 0 Å². The molecule has 0 aliphatic heterocycles. The van der Waals surface area contributed by atoms with Crippen LogP contribution in [-0.2, 0) is 10.0 Å². The van der Waals surface area contributed by atoms with Crippen molar-refractivity contribution in [1.29, 1.82) is 0 Å². The van der Waals surface area contributed by atoms with Crippen LogP contribution in [0.2, 0.25) is 0 Å². The van der Waals surface area contributed by atoms with Crippen LogP contribution < -0.4 is 10.0 Å². The summed E-state index contributed by atoms with van der Waals surface area (Å²) >= 11 is 0. The van der Waals surface area contributed by atoms with Crippen LogP contribution in [0, 0.1) is 13.8 Å². The molecule has 0 unspecified atom stereocenters. The summed E-state index contributed by atoms with van der Waals surface area (Å²) in [6.45, 7) is 3.27. The van der Waals surface area contributed by atoms with Crippen LogP contribution in [0.4, 0.5) is 5.69 Å².